The number of carbonyl (C=O) groups excluding carboxylic acids is 1. The average Bonchev–Trinajstić information content (AvgIpc) is 3.14. The van der Waals surface area contributed by atoms with Crippen molar-refractivity contribution >= 4 is 26.0 Å². The third-order valence-electron chi connectivity index (χ3n) is 4.29. The lowest BCUT2D eigenvalue weighted by Gasteiger charge is -2.21. The number of nitrogens with one attached hydrogen (secondary N) is 1. The maximum Gasteiger partial charge on any atom is 0.243 e. The lowest BCUT2D eigenvalue weighted by atomic mass is 10.4. The van der Waals surface area contributed by atoms with Gasteiger partial charge in [-0.15, -0.1) is 0 Å². The van der Waals surface area contributed by atoms with E-state index in [0.29, 0.717) is 13.1 Å². The van der Waals surface area contributed by atoms with E-state index in [1.165, 1.54) is 28.6 Å². The van der Waals surface area contributed by atoms with Crippen LogP contribution in [0.25, 0.3) is 0 Å². The van der Waals surface area contributed by atoms with E-state index in [1.54, 1.807) is 20.8 Å². The zero-order chi connectivity index (χ0) is 20.2. The fourth-order valence-electron chi connectivity index (χ4n) is 2.90. The van der Waals surface area contributed by atoms with Crippen LogP contribution in [0.3, 0.4) is 0 Å². The zero-order valence-corrected chi connectivity index (χ0v) is 17.5. The molecule has 1 aromatic rings. The minimum absolute atomic E-state index is 0.0398. The largest absolute Gasteiger partial charge is 0.353 e. The van der Waals surface area contributed by atoms with E-state index >= 15 is 0 Å². The van der Waals surface area contributed by atoms with Gasteiger partial charge in [0.15, 0.2) is 0 Å². The van der Waals surface area contributed by atoms with Crippen LogP contribution >= 0.6 is 0 Å². The van der Waals surface area contributed by atoms with Crippen LogP contribution in [0.1, 0.15) is 33.6 Å². The van der Waals surface area contributed by atoms with Crippen molar-refractivity contribution in [2.45, 2.75) is 49.4 Å². The molecule has 1 saturated heterocycles. The number of carbonyl (C=O) groups is 1. The first-order valence-corrected chi connectivity index (χ1v) is 11.9. The number of hydrogen-bond acceptors (Lipinski definition) is 5. The van der Waals surface area contributed by atoms with Gasteiger partial charge in [-0.1, -0.05) is 6.92 Å². The van der Waals surface area contributed by atoms with Crippen LogP contribution < -0.4 is 5.32 Å². The second-order valence-corrected chi connectivity index (χ2v) is 10.6. The molecule has 0 unspecified atom stereocenters. The molecule has 1 aliphatic heterocycles. The molecule has 1 N–H and O–H groups in total. The van der Waals surface area contributed by atoms with E-state index in [2.05, 4.69) is 5.32 Å². The number of rotatable bonds is 8. The van der Waals surface area contributed by atoms with Gasteiger partial charge in [0.25, 0.3) is 0 Å². The first-order valence-electron chi connectivity index (χ1n) is 8.98. The molecule has 0 bridgehead atoms. The van der Waals surface area contributed by atoms with Crippen LogP contribution in [0.4, 0.5) is 0 Å². The van der Waals surface area contributed by atoms with E-state index in [9.17, 15) is 21.6 Å². The van der Waals surface area contributed by atoms with Crippen molar-refractivity contribution in [1.82, 2.24) is 13.9 Å². The Hall–Kier alpha value is -1.49. The zero-order valence-electron chi connectivity index (χ0n) is 15.9. The maximum atomic E-state index is 12.8. The highest BCUT2D eigenvalue weighted by atomic mass is 32.2. The second-order valence-electron chi connectivity index (χ2n) is 6.74. The fourth-order valence-corrected chi connectivity index (χ4v) is 5.83. The van der Waals surface area contributed by atoms with Gasteiger partial charge in [-0.2, -0.15) is 8.61 Å². The number of benzene rings is 1. The van der Waals surface area contributed by atoms with Crippen molar-refractivity contribution in [3.05, 3.63) is 24.3 Å². The molecular formula is C17H27N3O5S2. The molecule has 0 atom stereocenters. The summed E-state index contributed by atoms with van der Waals surface area (Å²) in [5, 5.41) is 2.66. The Bertz CT molecular complexity index is 858. The maximum absolute atomic E-state index is 12.8. The predicted molar refractivity (Wildman–Crippen MR) is 102 cm³/mol. The molecule has 1 heterocycles. The highest BCUT2D eigenvalue weighted by Crippen LogP contribution is 2.23. The van der Waals surface area contributed by atoms with Gasteiger partial charge in [0.2, 0.25) is 26.0 Å². The molecule has 0 spiro atoms. The monoisotopic (exact) mass is 417 g/mol. The molecule has 0 radical (unpaired) electrons. The van der Waals surface area contributed by atoms with Crippen molar-refractivity contribution in [2.75, 3.05) is 26.2 Å². The molecule has 1 aliphatic rings. The normalized spacial score (nSPS) is 16.2. The van der Waals surface area contributed by atoms with Gasteiger partial charge in [0.1, 0.15) is 0 Å². The lowest BCUT2D eigenvalue weighted by Crippen LogP contribution is -2.42. The van der Waals surface area contributed by atoms with Crippen molar-refractivity contribution in [3.63, 3.8) is 0 Å². The molecule has 1 amide bonds. The molecule has 8 nitrogen and oxygen atoms in total. The predicted octanol–water partition coefficient (Wildman–Crippen LogP) is 1.01. The average molecular weight is 418 g/mol. The Morgan fingerprint density at radius 1 is 1.07 bits per heavy atom. The van der Waals surface area contributed by atoms with Crippen LogP contribution in [0.15, 0.2) is 34.1 Å². The quantitative estimate of drug-likeness (QED) is 0.680. The number of hydrogen-bond donors (Lipinski definition) is 1. The molecule has 2 rings (SSSR count). The van der Waals surface area contributed by atoms with E-state index in [4.69, 9.17) is 0 Å². The van der Waals surface area contributed by atoms with Crippen LogP contribution in [-0.2, 0) is 24.8 Å². The van der Waals surface area contributed by atoms with Crippen molar-refractivity contribution in [2.24, 2.45) is 0 Å². The van der Waals surface area contributed by atoms with Crippen LogP contribution in [0, 0.1) is 0 Å². The van der Waals surface area contributed by atoms with Crippen LogP contribution in [0.5, 0.6) is 0 Å². The Kier molecular flexibility index (Phi) is 7.01. The number of likely N-dealkylation sites (N-methyl/N-ethyl adjacent to an activating group) is 1. The summed E-state index contributed by atoms with van der Waals surface area (Å²) >= 11 is 0. The SMILES string of the molecule is CCN(CC(=O)NC(C)C)S(=O)(=O)c1ccc(S(=O)(=O)N2CCCC2)cc1. The highest BCUT2D eigenvalue weighted by molar-refractivity contribution is 7.89. The summed E-state index contributed by atoms with van der Waals surface area (Å²) in [5.74, 6) is -0.386. The number of nitrogens with zero attached hydrogens (tertiary/aromatic N) is 2. The summed E-state index contributed by atoms with van der Waals surface area (Å²) in [6, 6.07) is 5.09. The molecular weight excluding hydrogens is 390 g/mol. The molecule has 10 heteroatoms. The fraction of sp³-hybridized carbons (Fsp3) is 0.588. The van der Waals surface area contributed by atoms with Crippen LogP contribution in [0.2, 0.25) is 0 Å². The minimum atomic E-state index is -3.90. The van der Waals surface area contributed by atoms with Gasteiger partial charge in [0, 0.05) is 25.7 Å². The lowest BCUT2D eigenvalue weighted by molar-refractivity contribution is -0.121. The summed E-state index contributed by atoms with van der Waals surface area (Å²) in [5.41, 5.74) is 0. The molecule has 27 heavy (non-hydrogen) atoms. The van der Waals surface area contributed by atoms with Gasteiger partial charge in [-0.05, 0) is 51.0 Å². The van der Waals surface area contributed by atoms with E-state index < -0.39 is 20.0 Å². The second kappa shape index (κ2) is 8.68. The number of amides is 1. The van der Waals surface area contributed by atoms with E-state index in [-0.39, 0.29) is 34.8 Å². The molecule has 1 aromatic carbocycles. The number of sulfonamides is 2. The Morgan fingerprint density at radius 3 is 2.07 bits per heavy atom. The van der Waals surface area contributed by atoms with Gasteiger partial charge >= 0.3 is 0 Å². The summed E-state index contributed by atoms with van der Waals surface area (Å²) < 4.78 is 53.1. The Balaban J connectivity index is 2.22. The van der Waals surface area contributed by atoms with E-state index in [1.807, 2.05) is 0 Å². The van der Waals surface area contributed by atoms with Crippen molar-refractivity contribution in [1.29, 1.82) is 0 Å². The van der Waals surface area contributed by atoms with Gasteiger partial charge in [-0.25, -0.2) is 16.8 Å². The Labute approximate surface area is 161 Å². The summed E-state index contributed by atoms with van der Waals surface area (Å²) in [7, 11) is -7.50. The standard InChI is InChI=1S/C17H27N3O5S2/c1-4-19(13-17(21)18-14(2)3)26(22,23)15-7-9-16(10-8-15)27(24,25)20-11-5-6-12-20/h7-10,14H,4-6,11-13H2,1-3H3,(H,18,21). The third-order valence-corrected chi connectivity index (χ3v) is 8.13. The molecule has 1 fully saturated rings. The third kappa shape index (κ3) is 5.07. The minimum Gasteiger partial charge on any atom is -0.353 e. The molecule has 0 saturated carbocycles. The van der Waals surface area contributed by atoms with Gasteiger partial charge in [0.05, 0.1) is 16.3 Å². The summed E-state index contributed by atoms with van der Waals surface area (Å²) in [6.45, 7) is 6.04. The highest BCUT2D eigenvalue weighted by Gasteiger charge is 2.29. The van der Waals surface area contributed by atoms with E-state index in [0.717, 1.165) is 17.1 Å². The first-order chi connectivity index (χ1) is 12.6. The van der Waals surface area contributed by atoms with Crippen LogP contribution in [-0.4, -0.2) is 63.6 Å². The van der Waals surface area contributed by atoms with Crippen molar-refractivity contribution in [3.8, 4) is 0 Å². The smallest absolute Gasteiger partial charge is 0.243 e. The van der Waals surface area contributed by atoms with Crippen molar-refractivity contribution < 1.29 is 21.6 Å². The first kappa shape index (κ1) is 21.8. The topological polar surface area (TPSA) is 104 Å². The van der Waals surface area contributed by atoms with Gasteiger partial charge in [-0.3, -0.25) is 4.79 Å². The summed E-state index contributed by atoms with van der Waals surface area (Å²) in [6.07, 6.45) is 1.66. The van der Waals surface area contributed by atoms with Gasteiger partial charge < -0.3 is 5.32 Å². The molecule has 152 valence electrons. The molecule has 0 aromatic heterocycles. The molecule has 0 aliphatic carbocycles. The summed E-state index contributed by atoms with van der Waals surface area (Å²) in [4.78, 5) is 12.0. The Morgan fingerprint density at radius 2 is 1.59 bits per heavy atom.